The molecule has 2 atom stereocenters. The third kappa shape index (κ3) is 4.49. The van der Waals surface area contributed by atoms with Crippen molar-refractivity contribution in [1.29, 1.82) is 0 Å². The van der Waals surface area contributed by atoms with Gasteiger partial charge in [0.15, 0.2) is 0 Å². The average molecular weight is 285 g/mol. The smallest absolute Gasteiger partial charge is 0.253 e. The number of halogens is 1. The maximum absolute atomic E-state index is 11.9. The zero-order chi connectivity index (χ0) is 13.0. The highest BCUT2D eigenvalue weighted by molar-refractivity contribution is 5.94. The van der Waals surface area contributed by atoms with Crippen LogP contribution >= 0.6 is 12.4 Å². The van der Waals surface area contributed by atoms with Gasteiger partial charge in [0.05, 0.1) is 0 Å². The van der Waals surface area contributed by atoms with Crippen molar-refractivity contribution >= 4 is 24.0 Å². The SMILES string of the molecule is CC(N)c1ccc(NC(=O)C2CCCCO2)cc1.Cl. The second kappa shape index (κ2) is 7.48. The van der Waals surface area contributed by atoms with Gasteiger partial charge in [-0.05, 0) is 43.9 Å². The molecule has 1 aromatic carbocycles. The molecular formula is C14H21ClN2O2. The summed E-state index contributed by atoms with van der Waals surface area (Å²) in [4.78, 5) is 11.9. The van der Waals surface area contributed by atoms with Crippen LogP contribution in [0.4, 0.5) is 5.69 Å². The lowest BCUT2D eigenvalue weighted by Gasteiger charge is -2.21. The van der Waals surface area contributed by atoms with E-state index in [1.807, 2.05) is 31.2 Å². The van der Waals surface area contributed by atoms with Gasteiger partial charge in [-0.1, -0.05) is 12.1 Å². The van der Waals surface area contributed by atoms with E-state index in [9.17, 15) is 4.79 Å². The Kier molecular flexibility index (Phi) is 6.28. The van der Waals surface area contributed by atoms with Crippen molar-refractivity contribution in [3.8, 4) is 0 Å². The molecule has 3 N–H and O–H groups in total. The Hall–Kier alpha value is -1.10. The number of hydrogen-bond acceptors (Lipinski definition) is 3. The van der Waals surface area contributed by atoms with Crippen LogP contribution in [0.25, 0.3) is 0 Å². The Bertz CT molecular complexity index is 400. The molecule has 1 aliphatic heterocycles. The van der Waals surface area contributed by atoms with Crippen LogP contribution < -0.4 is 11.1 Å². The zero-order valence-corrected chi connectivity index (χ0v) is 11.9. The molecule has 4 nitrogen and oxygen atoms in total. The molecule has 0 bridgehead atoms. The fourth-order valence-electron chi connectivity index (χ4n) is 2.04. The summed E-state index contributed by atoms with van der Waals surface area (Å²) >= 11 is 0. The predicted molar refractivity (Wildman–Crippen MR) is 78.5 cm³/mol. The van der Waals surface area contributed by atoms with Gasteiger partial charge in [-0.2, -0.15) is 0 Å². The Labute approximate surface area is 120 Å². The highest BCUT2D eigenvalue weighted by Crippen LogP contribution is 2.17. The number of carbonyl (C=O) groups is 1. The lowest BCUT2D eigenvalue weighted by atomic mass is 10.1. The summed E-state index contributed by atoms with van der Waals surface area (Å²) < 4.78 is 5.44. The molecule has 106 valence electrons. The van der Waals surface area contributed by atoms with E-state index in [0.717, 1.165) is 30.5 Å². The van der Waals surface area contributed by atoms with Gasteiger partial charge in [-0.25, -0.2) is 0 Å². The van der Waals surface area contributed by atoms with Crippen LogP contribution in [0.1, 0.15) is 37.8 Å². The topological polar surface area (TPSA) is 64.3 Å². The first-order valence-corrected chi connectivity index (χ1v) is 6.45. The summed E-state index contributed by atoms with van der Waals surface area (Å²) in [6.07, 6.45) is 2.62. The number of nitrogens with one attached hydrogen (secondary N) is 1. The largest absolute Gasteiger partial charge is 0.368 e. The Balaban J connectivity index is 0.00000180. The number of hydrogen-bond donors (Lipinski definition) is 2. The van der Waals surface area contributed by atoms with Gasteiger partial charge < -0.3 is 15.8 Å². The minimum atomic E-state index is -0.299. The number of amides is 1. The third-order valence-electron chi connectivity index (χ3n) is 3.18. The third-order valence-corrected chi connectivity index (χ3v) is 3.18. The van der Waals surface area contributed by atoms with Gasteiger partial charge in [-0.15, -0.1) is 12.4 Å². The maximum Gasteiger partial charge on any atom is 0.253 e. The standard InChI is InChI=1S/C14H20N2O2.ClH/c1-10(15)11-5-7-12(8-6-11)16-14(17)13-4-2-3-9-18-13;/h5-8,10,13H,2-4,9,15H2,1H3,(H,16,17);1H. The van der Waals surface area contributed by atoms with Crippen molar-refractivity contribution in [2.75, 3.05) is 11.9 Å². The number of ether oxygens (including phenoxy) is 1. The lowest BCUT2D eigenvalue weighted by Crippen LogP contribution is -2.33. The van der Waals surface area contributed by atoms with E-state index < -0.39 is 0 Å². The Morgan fingerprint density at radius 1 is 1.37 bits per heavy atom. The van der Waals surface area contributed by atoms with Gasteiger partial charge in [-0.3, -0.25) is 4.79 Å². The van der Waals surface area contributed by atoms with Crippen LogP contribution in [0.15, 0.2) is 24.3 Å². The van der Waals surface area contributed by atoms with E-state index >= 15 is 0 Å². The monoisotopic (exact) mass is 284 g/mol. The van der Waals surface area contributed by atoms with E-state index in [4.69, 9.17) is 10.5 Å². The number of carbonyl (C=O) groups excluding carboxylic acids is 1. The molecule has 0 spiro atoms. The number of anilines is 1. The highest BCUT2D eigenvalue weighted by atomic mass is 35.5. The van der Waals surface area contributed by atoms with E-state index in [1.54, 1.807) is 0 Å². The molecule has 0 saturated carbocycles. The predicted octanol–water partition coefficient (Wildman–Crippen LogP) is 2.64. The molecule has 1 aliphatic rings. The molecule has 1 saturated heterocycles. The van der Waals surface area contributed by atoms with Crippen LogP contribution in [-0.4, -0.2) is 18.6 Å². The molecule has 1 aromatic rings. The fourth-order valence-corrected chi connectivity index (χ4v) is 2.04. The van der Waals surface area contributed by atoms with E-state index in [1.165, 1.54) is 0 Å². The van der Waals surface area contributed by atoms with Crippen molar-refractivity contribution < 1.29 is 9.53 Å². The second-order valence-electron chi connectivity index (χ2n) is 4.76. The average Bonchev–Trinajstić information content (AvgIpc) is 2.40. The highest BCUT2D eigenvalue weighted by Gasteiger charge is 2.21. The van der Waals surface area contributed by atoms with Crippen LogP contribution in [0.5, 0.6) is 0 Å². The van der Waals surface area contributed by atoms with E-state index in [-0.39, 0.29) is 30.5 Å². The van der Waals surface area contributed by atoms with Crippen LogP contribution in [0, 0.1) is 0 Å². The lowest BCUT2D eigenvalue weighted by molar-refractivity contribution is -0.129. The molecule has 0 aromatic heterocycles. The van der Waals surface area contributed by atoms with Crippen molar-refractivity contribution in [2.45, 2.75) is 38.3 Å². The molecule has 1 amide bonds. The molecule has 19 heavy (non-hydrogen) atoms. The van der Waals surface area contributed by atoms with Crippen molar-refractivity contribution in [3.63, 3.8) is 0 Å². The van der Waals surface area contributed by atoms with Crippen molar-refractivity contribution in [1.82, 2.24) is 0 Å². The fraction of sp³-hybridized carbons (Fsp3) is 0.500. The van der Waals surface area contributed by atoms with Crippen LogP contribution in [0.3, 0.4) is 0 Å². The maximum atomic E-state index is 11.9. The molecule has 5 heteroatoms. The van der Waals surface area contributed by atoms with E-state index in [2.05, 4.69) is 5.32 Å². The molecular weight excluding hydrogens is 264 g/mol. The minimum absolute atomic E-state index is 0. The number of rotatable bonds is 3. The number of nitrogens with two attached hydrogens (primary N) is 1. The van der Waals surface area contributed by atoms with E-state index in [0.29, 0.717) is 6.61 Å². The molecule has 2 unspecified atom stereocenters. The number of benzene rings is 1. The van der Waals surface area contributed by atoms with Crippen LogP contribution in [0.2, 0.25) is 0 Å². The van der Waals surface area contributed by atoms with Crippen LogP contribution in [-0.2, 0) is 9.53 Å². The molecule has 1 heterocycles. The summed E-state index contributed by atoms with van der Waals surface area (Å²) in [6, 6.07) is 7.62. The summed E-state index contributed by atoms with van der Waals surface area (Å²) in [7, 11) is 0. The second-order valence-corrected chi connectivity index (χ2v) is 4.76. The zero-order valence-electron chi connectivity index (χ0n) is 11.1. The summed E-state index contributed by atoms with van der Waals surface area (Å²) in [5, 5.41) is 2.87. The Morgan fingerprint density at radius 2 is 2.05 bits per heavy atom. The first kappa shape index (κ1) is 16.0. The van der Waals surface area contributed by atoms with Gasteiger partial charge in [0.25, 0.3) is 5.91 Å². The van der Waals surface area contributed by atoms with Gasteiger partial charge in [0.1, 0.15) is 6.10 Å². The van der Waals surface area contributed by atoms with Gasteiger partial charge in [0.2, 0.25) is 0 Å². The van der Waals surface area contributed by atoms with Gasteiger partial charge >= 0.3 is 0 Å². The van der Waals surface area contributed by atoms with Gasteiger partial charge in [0, 0.05) is 18.3 Å². The van der Waals surface area contributed by atoms with Crippen molar-refractivity contribution in [2.24, 2.45) is 5.73 Å². The summed E-state index contributed by atoms with van der Waals surface area (Å²) in [6.45, 7) is 2.62. The first-order valence-electron chi connectivity index (χ1n) is 6.45. The Morgan fingerprint density at radius 3 is 2.58 bits per heavy atom. The van der Waals surface area contributed by atoms with Crippen molar-refractivity contribution in [3.05, 3.63) is 29.8 Å². The summed E-state index contributed by atoms with van der Waals surface area (Å²) in [5.41, 5.74) is 7.62. The minimum Gasteiger partial charge on any atom is -0.368 e. The quantitative estimate of drug-likeness (QED) is 0.897. The summed E-state index contributed by atoms with van der Waals surface area (Å²) in [5.74, 6) is -0.0525. The molecule has 2 rings (SSSR count). The molecule has 0 aliphatic carbocycles. The molecule has 1 fully saturated rings. The first-order chi connectivity index (χ1) is 8.66. The molecule has 0 radical (unpaired) electrons. The normalized spacial score (nSPS) is 20.2.